The number of hydrogen-bond donors (Lipinski definition) is 16. The van der Waals surface area contributed by atoms with Crippen molar-refractivity contribution in [3.8, 4) is 0 Å². The summed E-state index contributed by atoms with van der Waals surface area (Å²) in [5.74, 6) is -11.6. The Balaban J connectivity index is 6.06. The molecule has 0 radical (unpaired) electrons. The molecule has 0 aromatic carbocycles. The molecule has 0 unspecified atom stereocenters. The van der Waals surface area contributed by atoms with Gasteiger partial charge >= 0.3 is 17.9 Å². The third-order valence-electron chi connectivity index (χ3n) is 9.53. The molecule has 0 aromatic rings. The van der Waals surface area contributed by atoms with Gasteiger partial charge in [0, 0.05) is 12.8 Å². The number of nitrogens with two attached hydrogens (primary N) is 2. The summed E-state index contributed by atoms with van der Waals surface area (Å²) in [6.45, 7) is -1.74. The van der Waals surface area contributed by atoms with Crippen LogP contribution in [0.25, 0.3) is 0 Å². The molecule has 0 saturated heterocycles. The quantitative estimate of drug-likeness (QED) is 0.0260. The van der Waals surface area contributed by atoms with Gasteiger partial charge in [0.25, 0.3) is 0 Å². The van der Waals surface area contributed by atoms with Crippen LogP contribution in [0.4, 0.5) is 0 Å². The van der Waals surface area contributed by atoms with Crippen LogP contribution < -0.4 is 54.0 Å². The van der Waals surface area contributed by atoms with Crippen molar-refractivity contribution in [3.05, 3.63) is 0 Å². The minimum atomic E-state index is -1.79. The monoisotopic (exact) mass is 998 g/mol. The number of aliphatic carboxylic acids is 3. The van der Waals surface area contributed by atoms with Crippen molar-refractivity contribution in [2.24, 2.45) is 11.5 Å². The van der Waals surface area contributed by atoms with Crippen LogP contribution in [-0.2, 0) is 52.7 Å². The van der Waals surface area contributed by atoms with Crippen LogP contribution >= 0.6 is 23.5 Å². The maximum Gasteiger partial charge on any atom is 0.328 e. The number of amides is 8. The summed E-state index contributed by atoms with van der Waals surface area (Å²) in [5.41, 5.74) is 11.5. The summed E-state index contributed by atoms with van der Waals surface area (Å²) in [7, 11) is 0. The van der Waals surface area contributed by atoms with Crippen molar-refractivity contribution >= 4 is 88.7 Å². The van der Waals surface area contributed by atoms with Crippen molar-refractivity contribution in [1.29, 1.82) is 0 Å². The Hall–Kier alpha value is -5.33. The predicted octanol–water partition coefficient (Wildman–Crippen LogP) is -6.36. The van der Waals surface area contributed by atoms with Crippen molar-refractivity contribution in [3.63, 3.8) is 0 Å². The van der Waals surface area contributed by atoms with Gasteiger partial charge in [-0.25, -0.2) is 4.79 Å². The molecule has 0 spiro atoms. The molecule has 67 heavy (non-hydrogen) atoms. The highest BCUT2D eigenvalue weighted by molar-refractivity contribution is 7.98. The summed E-state index contributed by atoms with van der Waals surface area (Å²) in [6, 6.07) is -13.7. The molecule has 0 aliphatic carbocycles. The van der Waals surface area contributed by atoms with Crippen molar-refractivity contribution < 1.29 is 83.4 Å². The van der Waals surface area contributed by atoms with Crippen molar-refractivity contribution in [2.45, 2.75) is 119 Å². The van der Waals surface area contributed by atoms with E-state index in [1.165, 1.54) is 30.4 Å². The second-order valence-electron chi connectivity index (χ2n) is 14.9. The second kappa shape index (κ2) is 34.0. The van der Waals surface area contributed by atoms with E-state index >= 15 is 0 Å². The molecule has 0 fully saturated rings. The average molecular weight is 999 g/mol. The largest absolute Gasteiger partial charge is 0.481 e. The zero-order valence-electron chi connectivity index (χ0n) is 37.4. The number of thioether (sulfide) groups is 2. The highest BCUT2D eigenvalue weighted by Crippen LogP contribution is 2.09. The summed E-state index contributed by atoms with van der Waals surface area (Å²) in [6.07, 6.45) is 2.17. The average Bonchev–Trinajstić information content (AvgIpc) is 3.28. The van der Waals surface area contributed by atoms with E-state index < -0.39 is 165 Å². The van der Waals surface area contributed by atoms with E-state index in [1.54, 1.807) is 12.5 Å². The summed E-state index contributed by atoms with van der Waals surface area (Å²) >= 11 is 2.69. The van der Waals surface area contributed by atoms with E-state index in [-0.39, 0.29) is 38.0 Å². The minimum absolute atomic E-state index is 0.0387. The van der Waals surface area contributed by atoms with Crippen LogP contribution in [-0.4, -0.2) is 201 Å². The van der Waals surface area contributed by atoms with Crippen LogP contribution in [0.3, 0.4) is 0 Å². The molecule has 8 amide bonds. The van der Waals surface area contributed by atoms with Gasteiger partial charge in [0.2, 0.25) is 47.3 Å². The fourth-order valence-electron chi connectivity index (χ4n) is 5.61. The molecule has 0 heterocycles. The first-order valence-corrected chi connectivity index (χ1v) is 23.7. The molecular weight excluding hydrogens is 933 g/mol. The lowest BCUT2D eigenvalue weighted by molar-refractivity contribution is -0.144. The van der Waals surface area contributed by atoms with Gasteiger partial charge in [0.15, 0.2) is 0 Å². The maximum absolute atomic E-state index is 13.7. The van der Waals surface area contributed by atoms with E-state index in [1.807, 2.05) is 5.32 Å². The first-order valence-electron chi connectivity index (χ1n) is 21.0. The molecule has 18 N–H and O–H groups in total. The maximum atomic E-state index is 13.7. The standard InChI is InChI=1S/C38H66N10O17S2/c1-19(41-36(62)25(16-49)47-37(63)26(17-50)46-33(59)22(7-9-28(52)53)43-31(57)20(40)11-14-66-2)30(56)42-21(6-4-5-13-39)32(58)45-24(12-15-67-3)35(61)44-23(8-10-29(54)55)34(60)48-27(18-51)38(64)65/h19-27,49-51H,4-18,39-40H2,1-3H3,(H,41,62)(H,42,56)(H,43,57)(H,44,61)(H,45,58)(H,46,59)(H,47,63)(H,48,60)(H,52,53)(H,54,55)(H,64,65)/t19-,20-,21-,22-,23-,24-,25-,26-,27-/m0/s1. The van der Waals surface area contributed by atoms with Crippen LogP contribution in [0.5, 0.6) is 0 Å². The van der Waals surface area contributed by atoms with E-state index in [2.05, 4.69) is 37.2 Å². The van der Waals surface area contributed by atoms with Gasteiger partial charge in [-0.1, -0.05) is 0 Å². The molecule has 0 rings (SSSR count). The fraction of sp³-hybridized carbons (Fsp3) is 0.711. The summed E-state index contributed by atoms with van der Waals surface area (Å²) in [5, 5.41) is 74.9. The van der Waals surface area contributed by atoms with Gasteiger partial charge in [-0.2, -0.15) is 23.5 Å². The van der Waals surface area contributed by atoms with Gasteiger partial charge in [0.1, 0.15) is 48.3 Å². The highest BCUT2D eigenvalue weighted by Gasteiger charge is 2.34. The molecule has 9 atom stereocenters. The van der Waals surface area contributed by atoms with Gasteiger partial charge in [0.05, 0.1) is 25.9 Å². The Morgan fingerprint density at radius 3 is 1.19 bits per heavy atom. The number of carbonyl (C=O) groups is 11. The number of rotatable bonds is 36. The Morgan fingerprint density at radius 1 is 0.448 bits per heavy atom. The number of carbonyl (C=O) groups excluding carboxylic acids is 8. The number of carboxylic acids is 3. The molecule has 0 saturated carbocycles. The molecule has 0 bridgehead atoms. The van der Waals surface area contributed by atoms with Gasteiger partial charge in [-0.05, 0) is 82.4 Å². The number of aliphatic hydroxyl groups excluding tert-OH is 3. The van der Waals surface area contributed by atoms with Gasteiger partial charge in [-0.15, -0.1) is 0 Å². The van der Waals surface area contributed by atoms with Crippen LogP contribution in [0.2, 0.25) is 0 Å². The normalized spacial score (nSPS) is 15.0. The Labute approximate surface area is 394 Å². The van der Waals surface area contributed by atoms with Crippen LogP contribution in [0.15, 0.2) is 0 Å². The van der Waals surface area contributed by atoms with Crippen molar-refractivity contribution in [1.82, 2.24) is 42.5 Å². The van der Waals surface area contributed by atoms with E-state index in [0.29, 0.717) is 12.2 Å². The van der Waals surface area contributed by atoms with Crippen molar-refractivity contribution in [2.75, 3.05) is 50.4 Å². The first-order chi connectivity index (χ1) is 31.6. The van der Waals surface area contributed by atoms with E-state index in [4.69, 9.17) is 16.6 Å². The minimum Gasteiger partial charge on any atom is -0.481 e. The second-order valence-corrected chi connectivity index (χ2v) is 16.8. The Bertz CT molecular complexity index is 1680. The fourth-order valence-corrected chi connectivity index (χ4v) is 6.57. The zero-order valence-corrected chi connectivity index (χ0v) is 39.1. The Morgan fingerprint density at radius 2 is 0.791 bits per heavy atom. The smallest absolute Gasteiger partial charge is 0.328 e. The third kappa shape index (κ3) is 24.9. The first kappa shape index (κ1) is 61.7. The van der Waals surface area contributed by atoms with E-state index in [9.17, 15) is 78.3 Å². The Kier molecular flexibility index (Phi) is 31.3. The molecule has 382 valence electrons. The number of hydrogen-bond acceptors (Lipinski definition) is 18. The van der Waals surface area contributed by atoms with Crippen LogP contribution in [0, 0.1) is 0 Å². The lowest BCUT2D eigenvalue weighted by Crippen LogP contribution is -2.61. The summed E-state index contributed by atoms with van der Waals surface area (Å²) < 4.78 is 0. The lowest BCUT2D eigenvalue weighted by Gasteiger charge is -2.27. The molecule has 0 aliphatic rings. The van der Waals surface area contributed by atoms with Gasteiger partial charge < -0.3 is 84.6 Å². The molecule has 27 nitrogen and oxygen atoms in total. The van der Waals surface area contributed by atoms with E-state index in [0.717, 1.165) is 0 Å². The van der Waals surface area contributed by atoms with Crippen LogP contribution in [0.1, 0.15) is 64.7 Å². The highest BCUT2D eigenvalue weighted by atomic mass is 32.2. The molecule has 0 aromatic heterocycles. The predicted molar refractivity (Wildman–Crippen MR) is 241 cm³/mol. The number of nitrogens with one attached hydrogen (secondary N) is 8. The zero-order chi connectivity index (χ0) is 51.2. The molecule has 29 heteroatoms. The number of aliphatic hydroxyl groups is 3. The summed E-state index contributed by atoms with van der Waals surface area (Å²) in [4.78, 5) is 139. The SMILES string of the molecule is CSCC[C@H](NC(=O)[C@H](CCCCN)NC(=O)[C@H](C)NC(=O)[C@H](CO)NC(=O)[C@H](CO)NC(=O)[C@H](CCC(=O)O)NC(=O)[C@@H](N)CCSC)C(=O)N[C@@H](CCC(=O)O)C(=O)N[C@@H](CO)C(=O)O. The number of carboxylic acid groups (broad SMARTS) is 3. The number of unbranched alkanes of at least 4 members (excludes halogenated alkanes) is 1. The van der Waals surface area contributed by atoms with Gasteiger partial charge in [-0.3, -0.25) is 47.9 Å². The molecular formula is C38H66N10O17S2. The molecule has 0 aliphatic heterocycles. The topological polar surface area (TPSA) is 457 Å². The third-order valence-corrected chi connectivity index (χ3v) is 10.8. The lowest BCUT2D eigenvalue weighted by atomic mass is 10.1.